The molecular weight excluding hydrogens is 1160 g/mol. The van der Waals surface area contributed by atoms with Gasteiger partial charge in [-0.05, 0) is 152 Å². The van der Waals surface area contributed by atoms with E-state index in [-0.39, 0.29) is 57.7 Å². The van der Waals surface area contributed by atoms with Crippen LogP contribution in [0.3, 0.4) is 0 Å². The van der Waals surface area contributed by atoms with E-state index in [0.717, 1.165) is 63.7 Å². The standard InChI is InChI=1S/C60H65F6N5O10S3/c1-15-34(6)43-20-24-46(25-21-43)81-84(78,79)60(65,66)58(61,62)59(63,64)83(76,77)69-82(74,75)52-19-17-16-18-49(52)53-47-26-22-44(70(32(2)3)56-37(9)28-35(7)54(39(56)11)67-41(13)72)30-50(47)80-51-31-45(23-27-48(51)53)71(33(4)5)57-38(10)29-36(8)55(40(57)12)68-42(14)73/h16-34H,15H2,1-14H3,(H,67,72)(H,68,73). The number of rotatable bonds is 19. The number of nitrogens with one attached hydrogen (secondary N) is 2. The molecule has 1 aliphatic heterocycles. The third kappa shape index (κ3) is 11.6. The third-order valence-electron chi connectivity index (χ3n) is 14.5. The van der Waals surface area contributed by atoms with Crippen molar-refractivity contribution in [1.29, 1.82) is 0 Å². The number of aryl methyl sites for hydroxylation is 4. The molecule has 1 atom stereocenters. The van der Waals surface area contributed by atoms with Crippen molar-refractivity contribution in [2.24, 2.45) is 0 Å². The summed E-state index contributed by atoms with van der Waals surface area (Å²) in [6, 6.07) is 21.2. The predicted octanol–water partition coefficient (Wildman–Crippen LogP) is 14.2. The van der Waals surface area contributed by atoms with Crippen molar-refractivity contribution in [3.63, 3.8) is 0 Å². The van der Waals surface area contributed by atoms with Crippen molar-refractivity contribution in [1.82, 2.24) is 4.58 Å². The molecule has 5 aromatic carbocycles. The van der Waals surface area contributed by atoms with Crippen LogP contribution in [0.2, 0.25) is 0 Å². The normalized spacial score (nSPS) is 13.6. The molecule has 0 saturated carbocycles. The lowest BCUT2D eigenvalue weighted by atomic mass is 9.93. The SMILES string of the molecule is CCC(C)c1ccc(OS(=O)(=O)C(F)(F)C(F)(F)C(F)(F)S(=O)(=O)[N-]S(=O)(=O)c2ccccc2-c2c3ccc(=[N+](c4c(C)cc(C)c(NC(C)=O)c4C)C(C)C)cc-3oc3cc(N(c4c(C)cc(C)c(NC(C)=O)c4C)C(C)C)ccc23)cc1. The molecule has 1 unspecified atom stereocenters. The summed E-state index contributed by atoms with van der Waals surface area (Å²) in [5, 5.41) is -7.79. The van der Waals surface area contributed by atoms with Crippen molar-refractivity contribution in [2.75, 3.05) is 15.5 Å². The van der Waals surface area contributed by atoms with E-state index < -0.39 is 62.8 Å². The average Bonchev–Trinajstić information content (AvgIpc) is 1.25. The molecule has 1 heterocycles. The summed E-state index contributed by atoms with van der Waals surface area (Å²) in [6.45, 7) is 25.2. The molecule has 7 rings (SSSR count). The van der Waals surface area contributed by atoms with Gasteiger partial charge in [-0.15, -0.1) is 0 Å². The molecule has 2 amide bonds. The molecule has 0 spiro atoms. The Morgan fingerprint density at radius 2 is 1.25 bits per heavy atom. The Morgan fingerprint density at radius 3 is 1.81 bits per heavy atom. The van der Waals surface area contributed by atoms with Gasteiger partial charge in [-0.3, -0.25) is 9.59 Å². The first-order valence-corrected chi connectivity index (χ1v) is 30.8. The van der Waals surface area contributed by atoms with E-state index in [0.29, 0.717) is 45.8 Å². The van der Waals surface area contributed by atoms with E-state index in [1.54, 1.807) is 50.2 Å². The van der Waals surface area contributed by atoms with Crippen molar-refractivity contribution < 1.29 is 69.8 Å². The Bertz CT molecular complexity index is 4170. The molecule has 15 nitrogen and oxygen atoms in total. The fourth-order valence-electron chi connectivity index (χ4n) is 10.5. The summed E-state index contributed by atoms with van der Waals surface area (Å²) in [5.41, 5.74) is 8.04. The number of hydrogen-bond acceptors (Lipinski definition) is 11. The number of sulfonamides is 2. The van der Waals surface area contributed by atoms with Gasteiger partial charge in [0.25, 0.3) is 0 Å². The predicted molar refractivity (Wildman–Crippen MR) is 315 cm³/mol. The lowest BCUT2D eigenvalue weighted by Gasteiger charge is -2.35. The maximum Gasteiger partial charge on any atom is 0.450 e. The van der Waals surface area contributed by atoms with Gasteiger partial charge in [0.2, 0.25) is 22.9 Å². The number of nitrogens with zero attached hydrogens (tertiary/aromatic N) is 3. The highest BCUT2D eigenvalue weighted by atomic mass is 32.3. The van der Waals surface area contributed by atoms with E-state index in [9.17, 15) is 34.8 Å². The highest BCUT2D eigenvalue weighted by molar-refractivity contribution is 8.12. The van der Waals surface area contributed by atoms with Crippen LogP contribution >= 0.6 is 0 Å². The lowest BCUT2D eigenvalue weighted by molar-refractivity contribution is -0.245. The van der Waals surface area contributed by atoms with E-state index >= 15 is 26.3 Å². The summed E-state index contributed by atoms with van der Waals surface area (Å²) < 4.78 is 191. The molecule has 0 saturated heterocycles. The average molecular weight is 1230 g/mol. The minimum Gasteiger partial charge on any atom is -0.456 e. The zero-order valence-electron chi connectivity index (χ0n) is 48.6. The van der Waals surface area contributed by atoms with Gasteiger partial charge in [0, 0.05) is 82.3 Å². The van der Waals surface area contributed by atoms with Gasteiger partial charge in [-0.25, -0.2) is 16.8 Å². The van der Waals surface area contributed by atoms with Crippen LogP contribution in [0.25, 0.3) is 37.5 Å². The van der Waals surface area contributed by atoms with Gasteiger partial charge >= 0.3 is 26.5 Å². The zero-order valence-corrected chi connectivity index (χ0v) is 51.0. The van der Waals surface area contributed by atoms with E-state index in [4.69, 9.17) is 4.42 Å². The van der Waals surface area contributed by atoms with Gasteiger partial charge in [-0.1, -0.05) is 50.2 Å². The number of amides is 2. The molecule has 2 N–H and O–H groups in total. The van der Waals surface area contributed by atoms with Crippen LogP contribution in [-0.2, 0) is 39.8 Å². The summed E-state index contributed by atoms with van der Waals surface area (Å²) in [6.07, 6.45) is 0.575. The van der Waals surface area contributed by atoms with E-state index in [1.165, 1.54) is 32.0 Å². The summed E-state index contributed by atoms with van der Waals surface area (Å²) >= 11 is 0. The monoisotopic (exact) mass is 1230 g/mol. The smallest absolute Gasteiger partial charge is 0.450 e. The summed E-state index contributed by atoms with van der Waals surface area (Å²) in [7, 11) is -21.1. The molecule has 1 aliphatic carbocycles. The Labute approximate surface area is 485 Å². The van der Waals surface area contributed by atoms with E-state index in [1.807, 2.05) is 90.8 Å². The Balaban J connectivity index is 1.46. The van der Waals surface area contributed by atoms with E-state index in [2.05, 4.69) is 18.9 Å². The van der Waals surface area contributed by atoms with Gasteiger partial charge in [0.15, 0.2) is 16.1 Å². The molecule has 2 aliphatic rings. The second-order valence-electron chi connectivity index (χ2n) is 21.4. The molecule has 0 fully saturated rings. The number of anilines is 4. The molecule has 450 valence electrons. The zero-order chi connectivity index (χ0) is 62.7. The minimum atomic E-state index is -7.70. The van der Waals surface area contributed by atoms with Crippen LogP contribution in [0.4, 0.5) is 54.8 Å². The molecule has 5 aromatic rings. The van der Waals surface area contributed by atoms with Crippen LogP contribution in [0.5, 0.6) is 5.75 Å². The quantitative estimate of drug-likeness (QED) is 0.0337. The summed E-state index contributed by atoms with van der Waals surface area (Å²) in [5.74, 6) is -9.11. The van der Waals surface area contributed by atoms with Gasteiger partial charge in [0.05, 0.1) is 16.6 Å². The molecular formula is C60H65F6N5O10S3. The first kappa shape index (κ1) is 64.3. The highest BCUT2D eigenvalue weighted by Gasteiger charge is 2.81. The number of carbonyl (C=O) groups excluding carboxylic acids is 2. The number of alkyl halides is 6. The summed E-state index contributed by atoms with van der Waals surface area (Å²) in [4.78, 5) is 25.6. The van der Waals surface area contributed by atoms with Crippen molar-refractivity contribution in [3.8, 4) is 28.2 Å². The van der Waals surface area contributed by atoms with Gasteiger partial charge in [-0.2, -0.15) is 39.3 Å². The number of benzene rings is 6. The molecule has 84 heavy (non-hydrogen) atoms. The second kappa shape index (κ2) is 23.3. The fraction of sp³-hybridized carbons (Fsp3) is 0.350. The maximum atomic E-state index is 15.9. The second-order valence-corrected chi connectivity index (χ2v) is 26.4. The van der Waals surface area contributed by atoms with Crippen LogP contribution in [0, 0.1) is 41.5 Å². The first-order chi connectivity index (χ1) is 38.8. The molecule has 0 bridgehead atoms. The number of halogens is 6. The topological polar surface area (TPSA) is 203 Å². The minimum absolute atomic E-state index is 0.0429. The molecule has 0 radical (unpaired) electrons. The van der Waals surface area contributed by atoms with Crippen molar-refractivity contribution in [2.45, 2.75) is 143 Å². The maximum absolute atomic E-state index is 15.9. The van der Waals surface area contributed by atoms with Gasteiger partial charge < -0.3 is 28.3 Å². The van der Waals surface area contributed by atoms with Crippen LogP contribution < -0.4 is 29.6 Å². The highest BCUT2D eigenvalue weighted by Crippen LogP contribution is 2.54. The molecule has 24 heteroatoms. The third-order valence-corrected chi connectivity index (χ3v) is 19.2. The number of hydrogen-bond donors (Lipinski definition) is 2. The van der Waals surface area contributed by atoms with Crippen molar-refractivity contribution >= 4 is 81.4 Å². The number of carbonyl (C=O) groups is 2. The number of fused-ring (bicyclic) bond motifs is 2. The molecule has 0 aromatic heterocycles. The Kier molecular flexibility index (Phi) is 17.8. The fourth-order valence-corrected chi connectivity index (χ4v) is 14.4. The lowest BCUT2D eigenvalue weighted by Crippen LogP contribution is -2.61. The van der Waals surface area contributed by atoms with Crippen LogP contribution in [-0.4, -0.2) is 65.6 Å². The van der Waals surface area contributed by atoms with Crippen LogP contribution in [0.15, 0.2) is 106 Å². The largest absolute Gasteiger partial charge is 0.456 e. The Hall–Kier alpha value is -7.28. The van der Waals surface area contributed by atoms with Crippen molar-refractivity contribution in [3.05, 3.63) is 145 Å². The Morgan fingerprint density at radius 1 is 0.679 bits per heavy atom. The van der Waals surface area contributed by atoms with Crippen LogP contribution in [0.1, 0.15) is 107 Å². The van der Waals surface area contributed by atoms with Gasteiger partial charge in [0.1, 0.15) is 27.1 Å². The first-order valence-electron chi connectivity index (χ1n) is 26.5.